The van der Waals surface area contributed by atoms with E-state index in [0.29, 0.717) is 37.9 Å². The number of rotatable bonds is 9. The standard InChI is InChI=1S/C29H42O10/c1-7-16(2)26(34)39-22-8-9-28(14-37-28)29(15-36-18(4)30)23(38-19(5)31)10-17(3)27(6,25(22)29)12-21(32)20-11-24(33)35-13-20/h11,16-17,21-23,25,32H,7-10,12-15H2,1-6H3/t16-,17-,21+,22-,23+,25-,27+,28+,29-/m1/s1. The van der Waals surface area contributed by atoms with Crippen LogP contribution in [0.2, 0.25) is 0 Å². The largest absolute Gasteiger partial charge is 0.465 e. The van der Waals surface area contributed by atoms with Crippen LogP contribution in [0.4, 0.5) is 0 Å². The minimum Gasteiger partial charge on any atom is -0.465 e. The molecule has 2 heterocycles. The summed E-state index contributed by atoms with van der Waals surface area (Å²) in [5.74, 6) is -2.66. The van der Waals surface area contributed by atoms with Gasteiger partial charge in [-0.25, -0.2) is 4.79 Å². The number of ether oxygens (including phenoxy) is 5. The molecule has 0 unspecified atom stereocenters. The zero-order chi connectivity index (χ0) is 28.8. The molecule has 0 radical (unpaired) electrons. The van der Waals surface area contributed by atoms with E-state index in [-0.39, 0.29) is 37.4 Å². The van der Waals surface area contributed by atoms with E-state index in [9.17, 15) is 24.3 Å². The number of cyclic esters (lactones) is 1. The number of carbonyl (C=O) groups is 4. The predicted octanol–water partition coefficient (Wildman–Crippen LogP) is 2.88. The molecule has 10 heteroatoms. The van der Waals surface area contributed by atoms with E-state index in [1.165, 1.54) is 19.9 Å². The number of aliphatic hydroxyl groups excluding tert-OH is 1. The second-order valence-corrected chi connectivity index (χ2v) is 12.2. The first-order chi connectivity index (χ1) is 18.3. The molecule has 9 atom stereocenters. The molecule has 1 saturated heterocycles. The molecule has 2 aliphatic carbocycles. The Morgan fingerprint density at radius 2 is 1.90 bits per heavy atom. The second-order valence-electron chi connectivity index (χ2n) is 12.2. The smallest absolute Gasteiger partial charge is 0.331 e. The van der Waals surface area contributed by atoms with Crippen LogP contribution in [0, 0.1) is 28.6 Å². The Labute approximate surface area is 229 Å². The first kappa shape index (κ1) is 29.5. The van der Waals surface area contributed by atoms with Gasteiger partial charge in [-0.05, 0) is 43.4 Å². The number of carbonyl (C=O) groups excluding carboxylic acids is 4. The van der Waals surface area contributed by atoms with Gasteiger partial charge in [0.15, 0.2) is 0 Å². The Hall–Kier alpha value is -2.46. The van der Waals surface area contributed by atoms with E-state index in [4.69, 9.17) is 23.7 Å². The van der Waals surface area contributed by atoms with Crippen LogP contribution in [0.5, 0.6) is 0 Å². The quantitative estimate of drug-likeness (QED) is 0.259. The monoisotopic (exact) mass is 550 g/mol. The summed E-state index contributed by atoms with van der Waals surface area (Å²) in [6.07, 6.45) is 1.44. The highest BCUT2D eigenvalue weighted by molar-refractivity contribution is 5.85. The summed E-state index contributed by atoms with van der Waals surface area (Å²) in [7, 11) is 0. The van der Waals surface area contributed by atoms with Gasteiger partial charge < -0.3 is 28.8 Å². The lowest BCUT2D eigenvalue weighted by Crippen LogP contribution is -2.71. The number of aliphatic hydroxyl groups is 1. The summed E-state index contributed by atoms with van der Waals surface area (Å²) in [6, 6.07) is 0. The third-order valence-corrected chi connectivity index (χ3v) is 9.93. The fourth-order valence-corrected chi connectivity index (χ4v) is 7.41. The Kier molecular flexibility index (Phi) is 8.21. The SMILES string of the molecule is CC[C@@H](C)C(=O)O[C@@H]1CC[C@]2(CO2)[C@]2(COC(C)=O)[C@@H](OC(C)=O)C[C@@H](C)[C@](C)(C[C@H](O)C3=CC(=O)OC3)[C@@H]12. The van der Waals surface area contributed by atoms with Gasteiger partial charge >= 0.3 is 23.9 Å². The summed E-state index contributed by atoms with van der Waals surface area (Å²) in [5.41, 5.74) is -1.95. The molecule has 2 saturated carbocycles. The third kappa shape index (κ3) is 5.22. The molecule has 0 amide bonds. The van der Waals surface area contributed by atoms with Crippen LogP contribution in [-0.2, 0) is 42.9 Å². The predicted molar refractivity (Wildman–Crippen MR) is 137 cm³/mol. The van der Waals surface area contributed by atoms with E-state index in [1.807, 2.05) is 27.7 Å². The van der Waals surface area contributed by atoms with Crippen molar-refractivity contribution in [2.45, 2.75) is 97.6 Å². The molecule has 0 aromatic rings. The van der Waals surface area contributed by atoms with Gasteiger partial charge in [0.2, 0.25) is 0 Å². The molecular weight excluding hydrogens is 508 g/mol. The van der Waals surface area contributed by atoms with Crippen LogP contribution in [0.15, 0.2) is 11.6 Å². The third-order valence-electron chi connectivity index (χ3n) is 9.93. The second kappa shape index (κ2) is 10.8. The Morgan fingerprint density at radius 1 is 1.21 bits per heavy atom. The van der Waals surface area contributed by atoms with E-state index in [1.54, 1.807) is 0 Å². The van der Waals surface area contributed by atoms with Gasteiger partial charge in [-0.3, -0.25) is 14.4 Å². The van der Waals surface area contributed by atoms with Crippen molar-refractivity contribution in [3.8, 4) is 0 Å². The van der Waals surface area contributed by atoms with Crippen LogP contribution < -0.4 is 0 Å². The van der Waals surface area contributed by atoms with Gasteiger partial charge in [-0.2, -0.15) is 0 Å². The van der Waals surface area contributed by atoms with Crippen molar-refractivity contribution in [1.29, 1.82) is 0 Å². The molecule has 1 spiro atoms. The number of hydrogen-bond donors (Lipinski definition) is 1. The van der Waals surface area contributed by atoms with Crippen molar-refractivity contribution in [3.05, 3.63) is 11.6 Å². The number of epoxide rings is 1. The summed E-state index contributed by atoms with van der Waals surface area (Å²) < 4.78 is 29.1. The van der Waals surface area contributed by atoms with Crippen molar-refractivity contribution in [1.82, 2.24) is 0 Å². The number of hydrogen-bond acceptors (Lipinski definition) is 10. The lowest BCUT2D eigenvalue weighted by molar-refractivity contribution is -0.259. The number of fused-ring (bicyclic) bond motifs is 2. The highest BCUT2D eigenvalue weighted by atomic mass is 16.6. The summed E-state index contributed by atoms with van der Waals surface area (Å²) >= 11 is 0. The average Bonchev–Trinajstić information content (AvgIpc) is 3.52. The zero-order valence-corrected chi connectivity index (χ0v) is 23.8. The Balaban J connectivity index is 1.85. The lowest BCUT2D eigenvalue weighted by atomic mass is 9.42. The molecule has 4 aliphatic rings. The molecule has 0 aromatic heterocycles. The van der Waals surface area contributed by atoms with Gasteiger partial charge in [-0.1, -0.05) is 27.7 Å². The highest BCUT2D eigenvalue weighted by Gasteiger charge is 2.77. The average molecular weight is 551 g/mol. The highest BCUT2D eigenvalue weighted by Crippen LogP contribution is 2.69. The van der Waals surface area contributed by atoms with Crippen molar-refractivity contribution in [3.63, 3.8) is 0 Å². The molecule has 2 aliphatic heterocycles. The molecule has 3 fully saturated rings. The summed E-state index contributed by atoms with van der Waals surface area (Å²) in [6.45, 7) is 10.8. The molecule has 0 bridgehead atoms. The van der Waals surface area contributed by atoms with Crippen LogP contribution in [0.1, 0.15) is 73.6 Å². The fourth-order valence-electron chi connectivity index (χ4n) is 7.41. The molecule has 4 rings (SSSR count). The van der Waals surface area contributed by atoms with Crippen LogP contribution in [-0.4, -0.2) is 72.7 Å². The maximum absolute atomic E-state index is 13.1. The van der Waals surface area contributed by atoms with Crippen molar-refractivity contribution in [2.75, 3.05) is 19.8 Å². The van der Waals surface area contributed by atoms with Gasteiger partial charge in [0, 0.05) is 31.4 Å². The maximum Gasteiger partial charge on any atom is 0.331 e. The van der Waals surface area contributed by atoms with Crippen molar-refractivity contribution < 1.29 is 48.0 Å². The number of esters is 4. The molecule has 218 valence electrons. The first-order valence-electron chi connectivity index (χ1n) is 14.0. The molecule has 0 aromatic carbocycles. The lowest BCUT2D eigenvalue weighted by Gasteiger charge is -2.64. The van der Waals surface area contributed by atoms with E-state index in [2.05, 4.69) is 0 Å². The summed E-state index contributed by atoms with van der Waals surface area (Å²) in [5, 5.41) is 11.3. The van der Waals surface area contributed by atoms with Crippen molar-refractivity contribution >= 4 is 23.9 Å². The van der Waals surface area contributed by atoms with Gasteiger partial charge in [-0.15, -0.1) is 0 Å². The van der Waals surface area contributed by atoms with Gasteiger partial charge in [0.1, 0.15) is 31.0 Å². The van der Waals surface area contributed by atoms with E-state index in [0.717, 1.165) is 0 Å². The summed E-state index contributed by atoms with van der Waals surface area (Å²) in [4.78, 5) is 49.4. The fraction of sp³-hybridized carbons (Fsp3) is 0.793. The molecule has 39 heavy (non-hydrogen) atoms. The Bertz CT molecular complexity index is 1030. The first-order valence-corrected chi connectivity index (χ1v) is 14.0. The zero-order valence-electron chi connectivity index (χ0n) is 23.8. The molecule has 1 N–H and O–H groups in total. The van der Waals surface area contributed by atoms with Crippen LogP contribution in [0.25, 0.3) is 0 Å². The normalized spacial score (nSPS) is 38.6. The van der Waals surface area contributed by atoms with Gasteiger partial charge in [0.25, 0.3) is 0 Å². The molecule has 10 nitrogen and oxygen atoms in total. The van der Waals surface area contributed by atoms with Gasteiger partial charge in [0.05, 0.1) is 24.0 Å². The van der Waals surface area contributed by atoms with Crippen molar-refractivity contribution in [2.24, 2.45) is 28.6 Å². The van der Waals surface area contributed by atoms with E-state index < -0.39 is 58.6 Å². The van der Waals surface area contributed by atoms with Crippen LogP contribution in [0.3, 0.4) is 0 Å². The minimum absolute atomic E-state index is 0.0171. The minimum atomic E-state index is -1.01. The van der Waals surface area contributed by atoms with Crippen LogP contribution >= 0.6 is 0 Å². The Morgan fingerprint density at radius 3 is 2.44 bits per heavy atom. The van der Waals surface area contributed by atoms with E-state index >= 15 is 0 Å². The maximum atomic E-state index is 13.1. The topological polar surface area (TPSA) is 138 Å². The molecular formula is C29H42O10.